The lowest BCUT2D eigenvalue weighted by Gasteiger charge is -2.13. The average Bonchev–Trinajstić information content (AvgIpc) is 2.27. The predicted molar refractivity (Wildman–Crippen MR) is 65.9 cm³/mol. The molecule has 0 saturated heterocycles. The number of carboxylic acid groups (broad SMARTS) is 1. The molecular weight excluding hydrogens is 238 g/mol. The first-order valence-electron chi connectivity index (χ1n) is 6.02. The van der Waals surface area contributed by atoms with Crippen molar-refractivity contribution in [2.75, 3.05) is 6.54 Å². The Morgan fingerprint density at radius 2 is 1.89 bits per heavy atom. The second-order valence-corrected chi connectivity index (χ2v) is 4.02. The summed E-state index contributed by atoms with van der Waals surface area (Å²) >= 11 is 0. The van der Waals surface area contributed by atoms with E-state index in [0.717, 1.165) is 25.7 Å². The maximum absolute atomic E-state index is 11.3. The van der Waals surface area contributed by atoms with Gasteiger partial charge >= 0.3 is 12.0 Å². The van der Waals surface area contributed by atoms with Gasteiger partial charge in [0.2, 0.25) is 5.91 Å². The van der Waals surface area contributed by atoms with E-state index in [4.69, 9.17) is 10.8 Å². The molecule has 0 aliphatic carbocycles. The molecule has 0 spiro atoms. The summed E-state index contributed by atoms with van der Waals surface area (Å²) in [7, 11) is 0. The number of amides is 3. The quantitative estimate of drug-likeness (QED) is 0.442. The largest absolute Gasteiger partial charge is 0.480 e. The van der Waals surface area contributed by atoms with E-state index in [0.29, 0.717) is 6.54 Å². The number of hydrogen-bond donors (Lipinski definition) is 4. The van der Waals surface area contributed by atoms with Crippen LogP contribution in [0.2, 0.25) is 0 Å². The molecule has 0 aliphatic heterocycles. The molecule has 3 amide bonds. The van der Waals surface area contributed by atoms with Gasteiger partial charge in [-0.1, -0.05) is 26.2 Å². The van der Waals surface area contributed by atoms with Crippen molar-refractivity contribution in [2.24, 2.45) is 5.73 Å². The molecule has 5 N–H and O–H groups in total. The number of aliphatic carboxylic acids is 1. The smallest absolute Gasteiger partial charge is 0.326 e. The molecule has 0 saturated carbocycles. The van der Waals surface area contributed by atoms with Crippen LogP contribution in [0.5, 0.6) is 0 Å². The van der Waals surface area contributed by atoms with E-state index in [1.165, 1.54) is 0 Å². The number of carbonyl (C=O) groups is 3. The number of carboxylic acids is 1. The normalized spacial score (nSPS) is 11.6. The highest BCUT2D eigenvalue weighted by Crippen LogP contribution is 1.97. The summed E-state index contributed by atoms with van der Waals surface area (Å²) in [6.07, 6.45) is 3.64. The summed E-state index contributed by atoms with van der Waals surface area (Å²) in [6, 6.07) is -1.88. The topological polar surface area (TPSA) is 122 Å². The van der Waals surface area contributed by atoms with E-state index in [1.807, 2.05) is 0 Å². The van der Waals surface area contributed by atoms with E-state index in [-0.39, 0.29) is 0 Å². The van der Waals surface area contributed by atoms with Gasteiger partial charge in [-0.25, -0.2) is 9.59 Å². The average molecular weight is 259 g/mol. The van der Waals surface area contributed by atoms with E-state index < -0.39 is 30.4 Å². The van der Waals surface area contributed by atoms with Gasteiger partial charge in [0.25, 0.3) is 0 Å². The second kappa shape index (κ2) is 9.26. The minimum Gasteiger partial charge on any atom is -0.480 e. The lowest BCUT2D eigenvalue weighted by molar-refractivity contribution is -0.140. The van der Waals surface area contributed by atoms with Gasteiger partial charge in [-0.05, 0) is 6.42 Å². The maximum atomic E-state index is 11.3. The molecule has 0 heterocycles. The molecule has 7 heteroatoms. The van der Waals surface area contributed by atoms with Crippen LogP contribution in [0.25, 0.3) is 0 Å². The first-order valence-corrected chi connectivity index (χ1v) is 6.02. The van der Waals surface area contributed by atoms with Crippen LogP contribution in [0.1, 0.15) is 39.0 Å². The number of urea groups is 1. The third kappa shape index (κ3) is 8.37. The third-order valence-corrected chi connectivity index (χ3v) is 2.32. The van der Waals surface area contributed by atoms with Crippen molar-refractivity contribution in [3.05, 3.63) is 0 Å². The fourth-order valence-corrected chi connectivity index (χ4v) is 1.36. The summed E-state index contributed by atoms with van der Waals surface area (Å²) < 4.78 is 0. The van der Waals surface area contributed by atoms with Crippen molar-refractivity contribution < 1.29 is 19.5 Å². The Morgan fingerprint density at radius 1 is 1.22 bits per heavy atom. The first kappa shape index (κ1) is 16.2. The zero-order chi connectivity index (χ0) is 14.0. The van der Waals surface area contributed by atoms with E-state index >= 15 is 0 Å². The fourth-order valence-electron chi connectivity index (χ4n) is 1.36. The maximum Gasteiger partial charge on any atom is 0.326 e. The van der Waals surface area contributed by atoms with Gasteiger partial charge in [0, 0.05) is 6.54 Å². The molecule has 104 valence electrons. The molecule has 7 nitrogen and oxygen atoms in total. The molecule has 0 rings (SSSR count). The van der Waals surface area contributed by atoms with Crippen molar-refractivity contribution in [1.29, 1.82) is 0 Å². The summed E-state index contributed by atoms with van der Waals surface area (Å²) in [6.45, 7) is 2.57. The van der Waals surface area contributed by atoms with Crippen LogP contribution in [0.4, 0.5) is 4.79 Å². The van der Waals surface area contributed by atoms with Crippen LogP contribution >= 0.6 is 0 Å². The van der Waals surface area contributed by atoms with Gasteiger partial charge in [-0.15, -0.1) is 0 Å². The lowest BCUT2D eigenvalue weighted by atomic mass is 10.2. The molecule has 0 aromatic carbocycles. The standard InChI is InChI=1S/C11H21N3O4/c1-2-3-4-5-6-13-11(18)14-8(10(16)17)7-9(12)15/h8H,2-7H2,1H3,(H2,12,15)(H,16,17)(H2,13,14,18). The van der Waals surface area contributed by atoms with Gasteiger partial charge < -0.3 is 21.5 Å². The van der Waals surface area contributed by atoms with E-state index in [2.05, 4.69) is 17.6 Å². The van der Waals surface area contributed by atoms with E-state index in [1.54, 1.807) is 0 Å². The minimum absolute atomic E-state index is 0.418. The van der Waals surface area contributed by atoms with Crippen molar-refractivity contribution in [3.8, 4) is 0 Å². The summed E-state index contributed by atoms with van der Waals surface area (Å²) in [4.78, 5) is 32.7. The highest BCUT2D eigenvalue weighted by molar-refractivity contribution is 5.87. The van der Waals surface area contributed by atoms with Crippen molar-refractivity contribution >= 4 is 17.9 Å². The van der Waals surface area contributed by atoms with Gasteiger partial charge in [-0.3, -0.25) is 4.79 Å². The highest BCUT2D eigenvalue weighted by atomic mass is 16.4. The number of nitrogens with one attached hydrogen (secondary N) is 2. The molecule has 0 aromatic rings. The molecular formula is C11H21N3O4. The Kier molecular flexibility index (Phi) is 8.34. The monoisotopic (exact) mass is 259 g/mol. The van der Waals surface area contributed by atoms with Crippen molar-refractivity contribution in [1.82, 2.24) is 10.6 Å². The van der Waals surface area contributed by atoms with Crippen LogP contribution in [0.15, 0.2) is 0 Å². The molecule has 1 atom stereocenters. The molecule has 1 unspecified atom stereocenters. The zero-order valence-corrected chi connectivity index (χ0v) is 10.6. The van der Waals surface area contributed by atoms with Gasteiger partial charge in [-0.2, -0.15) is 0 Å². The Bertz CT molecular complexity index is 294. The molecule has 0 radical (unpaired) electrons. The Labute approximate surface area is 106 Å². The first-order chi connectivity index (χ1) is 8.47. The van der Waals surface area contributed by atoms with Gasteiger partial charge in [0.05, 0.1) is 6.42 Å². The van der Waals surface area contributed by atoms with Crippen molar-refractivity contribution in [2.45, 2.75) is 45.1 Å². The van der Waals surface area contributed by atoms with Gasteiger partial charge in [0.15, 0.2) is 0 Å². The molecule has 18 heavy (non-hydrogen) atoms. The number of unbranched alkanes of at least 4 members (excludes halogenated alkanes) is 3. The third-order valence-electron chi connectivity index (χ3n) is 2.32. The molecule has 0 fully saturated rings. The number of hydrogen-bond acceptors (Lipinski definition) is 3. The number of carbonyl (C=O) groups excluding carboxylic acids is 2. The number of primary amides is 1. The molecule has 0 aromatic heterocycles. The summed E-state index contributed by atoms with van der Waals surface area (Å²) in [5.41, 5.74) is 4.89. The summed E-state index contributed by atoms with van der Waals surface area (Å²) in [5, 5.41) is 13.5. The van der Waals surface area contributed by atoms with Crippen LogP contribution in [0, 0.1) is 0 Å². The van der Waals surface area contributed by atoms with E-state index in [9.17, 15) is 14.4 Å². The molecule has 0 aliphatic rings. The number of nitrogens with two attached hydrogens (primary N) is 1. The number of rotatable bonds is 9. The Hall–Kier alpha value is -1.79. The van der Waals surface area contributed by atoms with Crippen molar-refractivity contribution in [3.63, 3.8) is 0 Å². The fraction of sp³-hybridized carbons (Fsp3) is 0.727. The molecule has 0 bridgehead atoms. The zero-order valence-electron chi connectivity index (χ0n) is 10.6. The second-order valence-electron chi connectivity index (χ2n) is 4.02. The Balaban J connectivity index is 3.88. The van der Waals surface area contributed by atoms with Crippen LogP contribution in [0.3, 0.4) is 0 Å². The van der Waals surface area contributed by atoms with Crippen LogP contribution in [-0.4, -0.2) is 35.6 Å². The van der Waals surface area contributed by atoms with Gasteiger partial charge in [0.1, 0.15) is 6.04 Å². The highest BCUT2D eigenvalue weighted by Gasteiger charge is 2.21. The SMILES string of the molecule is CCCCCCNC(=O)NC(CC(N)=O)C(=O)O. The minimum atomic E-state index is -1.28. The summed E-state index contributed by atoms with van der Waals surface area (Å²) in [5.74, 6) is -2.06. The van der Waals surface area contributed by atoms with Crippen LogP contribution in [-0.2, 0) is 9.59 Å². The Morgan fingerprint density at radius 3 is 2.39 bits per heavy atom. The lowest BCUT2D eigenvalue weighted by Crippen LogP contribution is -2.47. The van der Waals surface area contributed by atoms with Crippen LogP contribution < -0.4 is 16.4 Å². The predicted octanol–water partition coefficient (Wildman–Crippen LogP) is 0.195.